The minimum absolute atomic E-state index is 0.231. The number of benzene rings is 1. The second kappa shape index (κ2) is 7.57. The maximum atomic E-state index is 6.07. The summed E-state index contributed by atoms with van der Waals surface area (Å²) in [5.41, 5.74) is 2.03. The molecule has 0 fully saturated rings. The summed E-state index contributed by atoms with van der Waals surface area (Å²) in [4.78, 5) is 4.27. The Morgan fingerprint density at radius 1 is 1.29 bits per heavy atom. The maximum absolute atomic E-state index is 6.07. The molecular weight excluding hydrogens is 328 g/mol. The van der Waals surface area contributed by atoms with Gasteiger partial charge in [-0.05, 0) is 57.1 Å². The van der Waals surface area contributed by atoms with E-state index >= 15 is 0 Å². The van der Waals surface area contributed by atoms with Crippen LogP contribution in [0.3, 0.4) is 0 Å². The lowest BCUT2D eigenvalue weighted by Gasteiger charge is -2.19. The van der Waals surface area contributed by atoms with E-state index < -0.39 is 0 Å². The van der Waals surface area contributed by atoms with Crippen molar-refractivity contribution in [3.8, 4) is 11.5 Å². The molecule has 0 amide bonds. The molecule has 3 nitrogen and oxygen atoms in total. The molecule has 0 bridgehead atoms. The van der Waals surface area contributed by atoms with E-state index in [0.29, 0.717) is 0 Å². The van der Waals surface area contributed by atoms with Crippen molar-refractivity contribution in [2.45, 2.75) is 33.2 Å². The molecule has 0 aliphatic rings. The Morgan fingerprint density at radius 3 is 2.81 bits per heavy atom. The molecule has 0 saturated carbocycles. The molecule has 0 radical (unpaired) electrons. The van der Waals surface area contributed by atoms with Crippen molar-refractivity contribution >= 4 is 15.9 Å². The molecule has 2 aromatic rings. The molecule has 112 valence electrons. The van der Waals surface area contributed by atoms with E-state index in [4.69, 9.17) is 4.74 Å². The zero-order chi connectivity index (χ0) is 15.2. The van der Waals surface area contributed by atoms with Crippen LogP contribution in [0.1, 0.15) is 37.6 Å². The van der Waals surface area contributed by atoms with E-state index in [-0.39, 0.29) is 6.04 Å². The predicted molar refractivity (Wildman–Crippen MR) is 89.9 cm³/mol. The fourth-order valence-corrected chi connectivity index (χ4v) is 2.50. The van der Waals surface area contributed by atoms with Gasteiger partial charge < -0.3 is 10.1 Å². The third kappa shape index (κ3) is 4.29. The zero-order valence-electron chi connectivity index (χ0n) is 12.7. The summed E-state index contributed by atoms with van der Waals surface area (Å²) < 4.78 is 7.13. The third-order valence-electron chi connectivity index (χ3n) is 3.32. The molecular formula is C17H21BrN2O. The Hall–Kier alpha value is -1.39. The highest BCUT2D eigenvalue weighted by molar-refractivity contribution is 9.10. The molecule has 2 rings (SSSR count). The standard InChI is InChI=1S/C17H21BrN2O/c1-4-9-19-12(2)15-11-14(18)7-8-17(15)21-16-6-5-10-20-13(16)3/h5-8,10-12,19H,4,9H2,1-3H3. The Morgan fingerprint density at radius 2 is 2.10 bits per heavy atom. The average molecular weight is 349 g/mol. The maximum Gasteiger partial charge on any atom is 0.148 e. The zero-order valence-corrected chi connectivity index (χ0v) is 14.3. The molecule has 0 spiro atoms. The van der Waals surface area contributed by atoms with Crippen molar-refractivity contribution in [1.82, 2.24) is 10.3 Å². The Labute approximate surface area is 134 Å². The molecule has 1 aromatic carbocycles. The fourth-order valence-electron chi connectivity index (χ4n) is 2.12. The van der Waals surface area contributed by atoms with Gasteiger partial charge in [0.2, 0.25) is 0 Å². The van der Waals surface area contributed by atoms with E-state index in [0.717, 1.165) is 40.2 Å². The van der Waals surface area contributed by atoms with Gasteiger partial charge in [-0.25, -0.2) is 0 Å². The summed E-state index contributed by atoms with van der Waals surface area (Å²) in [5, 5.41) is 3.50. The van der Waals surface area contributed by atoms with Gasteiger partial charge in [-0.2, -0.15) is 0 Å². The summed E-state index contributed by atoms with van der Waals surface area (Å²) in [5.74, 6) is 1.66. The van der Waals surface area contributed by atoms with E-state index in [2.05, 4.69) is 46.1 Å². The van der Waals surface area contributed by atoms with Gasteiger partial charge in [0.1, 0.15) is 11.5 Å². The summed E-state index contributed by atoms with van der Waals surface area (Å²) in [6.07, 6.45) is 2.88. The van der Waals surface area contributed by atoms with Crippen LogP contribution in [0.5, 0.6) is 11.5 Å². The number of nitrogens with zero attached hydrogens (tertiary/aromatic N) is 1. The average Bonchev–Trinajstić information content (AvgIpc) is 2.48. The molecule has 4 heteroatoms. The molecule has 1 atom stereocenters. The van der Waals surface area contributed by atoms with Gasteiger partial charge in [-0.1, -0.05) is 22.9 Å². The van der Waals surface area contributed by atoms with Gasteiger partial charge >= 0.3 is 0 Å². The lowest BCUT2D eigenvalue weighted by atomic mass is 10.1. The number of pyridine rings is 1. The van der Waals surface area contributed by atoms with Crippen LogP contribution < -0.4 is 10.1 Å². The van der Waals surface area contributed by atoms with Gasteiger partial charge in [0.15, 0.2) is 0 Å². The van der Waals surface area contributed by atoms with Crippen LogP contribution in [0.2, 0.25) is 0 Å². The lowest BCUT2D eigenvalue weighted by molar-refractivity contribution is 0.455. The summed E-state index contributed by atoms with van der Waals surface area (Å²) in [6, 6.07) is 10.2. The SMILES string of the molecule is CCCNC(C)c1cc(Br)ccc1Oc1cccnc1C. The van der Waals surface area contributed by atoms with Crippen molar-refractivity contribution < 1.29 is 4.74 Å². The van der Waals surface area contributed by atoms with E-state index in [1.54, 1.807) is 6.20 Å². The Balaban J connectivity index is 2.28. The highest BCUT2D eigenvalue weighted by Crippen LogP contribution is 2.32. The summed E-state index contributed by atoms with van der Waals surface area (Å²) in [7, 11) is 0. The van der Waals surface area contributed by atoms with Crippen LogP contribution in [-0.4, -0.2) is 11.5 Å². The fraction of sp³-hybridized carbons (Fsp3) is 0.353. The number of halogens is 1. The van der Waals surface area contributed by atoms with Gasteiger partial charge in [0.05, 0.1) is 5.69 Å². The van der Waals surface area contributed by atoms with E-state index in [1.165, 1.54) is 0 Å². The molecule has 0 aliphatic carbocycles. The van der Waals surface area contributed by atoms with Gasteiger partial charge in [0, 0.05) is 22.3 Å². The normalized spacial score (nSPS) is 12.2. The Kier molecular flexibility index (Phi) is 5.76. The minimum atomic E-state index is 0.231. The minimum Gasteiger partial charge on any atom is -0.455 e. The molecule has 0 saturated heterocycles. The van der Waals surface area contributed by atoms with Crippen LogP contribution in [0.25, 0.3) is 0 Å². The van der Waals surface area contributed by atoms with Crippen molar-refractivity contribution in [1.29, 1.82) is 0 Å². The van der Waals surface area contributed by atoms with Crippen LogP contribution in [0.15, 0.2) is 41.0 Å². The summed E-state index contributed by atoms with van der Waals surface area (Å²) >= 11 is 3.54. The first-order valence-electron chi connectivity index (χ1n) is 7.24. The smallest absolute Gasteiger partial charge is 0.148 e. The van der Waals surface area contributed by atoms with Crippen molar-refractivity contribution in [3.05, 3.63) is 52.3 Å². The van der Waals surface area contributed by atoms with Crippen LogP contribution in [0, 0.1) is 6.92 Å². The highest BCUT2D eigenvalue weighted by Gasteiger charge is 2.13. The van der Waals surface area contributed by atoms with Gasteiger partial charge in [-0.3, -0.25) is 4.98 Å². The number of hydrogen-bond donors (Lipinski definition) is 1. The monoisotopic (exact) mass is 348 g/mol. The van der Waals surface area contributed by atoms with E-state index in [9.17, 15) is 0 Å². The lowest BCUT2D eigenvalue weighted by Crippen LogP contribution is -2.19. The topological polar surface area (TPSA) is 34.1 Å². The van der Waals surface area contributed by atoms with E-state index in [1.807, 2.05) is 31.2 Å². The summed E-state index contributed by atoms with van der Waals surface area (Å²) in [6.45, 7) is 7.25. The number of rotatable bonds is 6. The molecule has 1 N–H and O–H groups in total. The largest absolute Gasteiger partial charge is 0.455 e. The number of aromatic nitrogens is 1. The van der Waals surface area contributed by atoms with Crippen molar-refractivity contribution in [3.63, 3.8) is 0 Å². The first kappa shape index (κ1) is 16.0. The molecule has 21 heavy (non-hydrogen) atoms. The highest BCUT2D eigenvalue weighted by atomic mass is 79.9. The first-order valence-corrected chi connectivity index (χ1v) is 8.03. The predicted octanol–water partition coefficient (Wildman–Crippen LogP) is 5.01. The van der Waals surface area contributed by atoms with Gasteiger partial charge in [-0.15, -0.1) is 0 Å². The van der Waals surface area contributed by atoms with Gasteiger partial charge in [0.25, 0.3) is 0 Å². The van der Waals surface area contributed by atoms with Crippen molar-refractivity contribution in [2.24, 2.45) is 0 Å². The number of aryl methyl sites for hydroxylation is 1. The molecule has 0 aliphatic heterocycles. The number of hydrogen-bond acceptors (Lipinski definition) is 3. The molecule has 1 heterocycles. The second-order valence-corrected chi connectivity index (χ2v) is 5.96. The van der Waals surface area contributed by atoms with Crippen LogP contribution in [0.4, 0.5) is 0 Å². The quantitative estimate of drug-likeness (QED) is 0.796. The van der Waals surface area contributed by atoms with Crippen LogP contribution in [-0.2, 0) is 0 Å². The van der Waals surface area contributed by atoms with Crippen LogP contribution >= 0.6 is 15.9 Å². The molecule has 1 aromatic heterocycles. The molecule has 1 unspecified atom stereocenters. The second-order valence-electron chi connectivity index (χ2n) is 5.05. The Bertz CT molecular complexity index is 601. The van der Waals surface area contributed by atoms with Crippen molar-refractivity contribution in [2.75, 3.05) is 6.54 Å². The number of ether oxygens (including phenoxy) is 1. The first-order chi connectivity index (χ1) is 10.1. The third-order valence-corrected chi connectivity index (χ3v) is 3.81. The number of nitrogens with one attached hydrogen (secondary N) is 1.